The fraction of sp³-hybridized carbons (Fsp3) is 0.296. The number of sulfonamides is 1. The summed E-state index contributed by atoms with van der Waals surface area (Å²) in [5.41, 5.74) is 2.95. The summed E-state index contributed by atoms with van der Waals surface area (Å²) in [5.74, 6) is 0. The van der Waals surface area contributed by atoms with Crippen LogP contribution in [-0.4, -0.2) is 43.8 Å². The number of rotatable bonds is 11. The van der Waals surface area contributed by atoms with Crippen molar-refractivity contribution in [1.82, 2.24) is 4.31 Å². The van der Waals surface area contributed by atoms with Crippen molar-refractivity contribution in [1.29, 1.82) is 0 Å². The summed E-state index contributed by atoms with van der Waals surface area (Å²) in [7, 11) is -3.84. The molecule has 7 heteroatoms. The van der Waals surface area contributed by atoms with E-state index in [9.17, 15) is 13.2 Å². The molecule has 34 heavy (non-hydrogen) atoms. The predicted octanol–water partition coefficient (Wildman–Crippen LogP) is 4.13. The van der Waals surface area contributed by atoms with E-state index in [2.05, 4.69) is 0 Å². The van der Waals surface area contributed by atoms with Gasteiger partial charge >= 0.3 is 0 Å². The fourth-order valence-corrected chi connectivity index (χ4v) is 6.07. The van der Waals surface area contributed by atoms with Crippen molar-refractivity contribution in [3.8, 4) is 0 Å². The molecule has 0 spiro atoms. The zero-order chi connectivity index (χ0) is 24.0. The van der Waals surface area contributed by atoms with E-state index in [1.54, 1.807) is 24.3 Å². The van der Waals surface area contributed by atoms with Crippen LogP contribution in [0.3, 0.4) is 0 Å². The highest BCUT2D eigenvalue weighted by Crippen LogP contribution is 2.37. The minimum atomic E-state index is -3.84. The third-order valence-electron chi connectivity index (χ3n) is 6.03. The van der Waals surface area contributed by atoms with Gasteiger partial charge in [0.05, 0.1) is 42.9 Å². The molecule has 0 bridgehead atoms. The third-order valence-corrected chi connectivity index (χ3v) is 8.00. The van der Waals surface area contributed by atoms with Crippen molar-refractivity contribution in [2.75, 3.05) is 6.61 Å². The molecule has 178 valence electrons. The van der Waals surface area contributed by atoms with E-state index >= 15 is 0 Å². The van der Waals surface area contributed by atoms with Crippen LogP contribution in [0.2, 0.25) is 0 Å². The largest absolute Gasteiger partial charge is 0.375 e. The molecule has 0 aromatic heterocycles. The second-order valence-electron chi connectivity index (χ2n) is 8.45. The van der Waals surface area contributed by atoms with E-state index < -0.39 is 28.2 Å². The number of aryl methyl sites for hydroxylation is 1. The van der Waals surface area contributed by atoms with E-state index in [1.807, 2.05) is 67.6 Å². The monoisotopic (exact) mass is 479 g/mol. The van der Waals surface area contributed by atoms with Crippen LogP contribution in [-0.2, 0) is 37.5 Å². The smallest absolute Gasteiger partial charge is 0.243 e. The fourth-order valence-electron chi connectivity index (χ4n) is 4.24. The Kier molecular flexibility index (Phi) is 7.90. The normalized spacial score (nSPS) is 20.6. The number of aldehydes is 1. The minimum absolute atomic E-state index is 0.0553. The van der Waals surface area contributed by atoms with Crippen LogP contribution in [0.5, 0.6) is 0 Å². The molecule has 3 aromatic rings. The molecular formula is C27H29NO5S. The quantitative estimate of drug-likeness (QED) is 0.387. The van der Waals surface area contributed by atoms with Crippen LogP contribution < -0.4 is 0 Å². The molecule has 0 aliphatic carbocycles. The summed E-state index contributed by atoms with van der Waals surface area (Å²) in [5, 5.41) is 0. The number of benzene rings is 3. The van der Waals surface area contributed by atoms with Gasteiger partial charge < -0.3 is 14.3 Å². The van der Waals surface area contributed by atoms with Crippen LogP contribution in [0, 0.1) is 6.92 Å². The van der Waals surface area contributed by atoms with Gasteiger partial charge in [0.25, 0.3) is 0 Å². The van der Waals surface area contributed by atoms with Crippen LogP contribution in [0.1, 0.15) is 23.1 Å². The molecule has 3 aromatic carbocycles. The Hall–Kier alpha value is -2.84. The maximum atomic E-state index is 13.6. The van der Waals surface area contributed by atoms with Crippen LogP contribution in [0.15, 0.2) is 89.8 Å². The Morgan fingerprint density at radius 1 is 0.824 bits per heavy atom. The van der Waals surface area contributed by atoms with E-state index in [0.29, 0.717) is 13.2 Å². The highest BCUT2D eigenvalue weighted by Gasteiger charge is 2.55. The van der Waals surface area contributed by atoms with Gasteiger partial charge in [0.2, 0.25) is 10.0 Å². The van der Waals surface area contributed by atoms with Gasteiger partial charge in [0.1, 0.15) is 6.29 Å². The van der Waals surface area contributed by atoms with E-state index in [1.165, 1.54) is 4.31 Å². The second kappa shape index (κ2) is 11.1. The zero-order valence-electron chi connectivity index (χ0n) is 19.1. The average Bonchev–Trinajstić information content (AvgIpc) is 2.84. The molecule has 1 fully saturated rings. The van der Waals surface area contributed by atoms with E-state index in [4.69, 9.17) is 9.47 Å². The molecule has 6 nitrogen and oxygen atoms in total. The molecule has 3 atom stereocenters. The van der Waals surface area contributed by atoms with Crippen molar-refractivity contribution in [2.45, 2.75) is 49.6 Å². The SMILES string of the molecule is Cc1ccc(S(=O)(=O)N2[C@@H](CC=O)[C@@H](OCc3ccccc3)[C@@H]2COCc2ccccc2)cc1. The van der Waals surface area contributed by atoms with Gasteiger partial charge in [0.15, 0.2) is 0 Å². The summed E-state index contributed by atoms with van der Waals surface area (Å²) < 4.78 is 40.7. The lowest BCUT2D eigenvalue weighted by molar-refractivity contribution is -0.144. The first kappa shape index (κ1) is 24.3. The number of nitrogens with zero attached hydrogens (tertiary/aromatic N) is 1. The topological polar surface area (TPSA) is 72.9 Å². The highest BCUT2D eigenvalue weighted by molar-refractivity contribution is 7.89. The van der Waals surface area contributed by atoms with Gasteiger partial charge in [-0.1, -0.05) is 78.4 Å². The van der Waals surface area contributed by atoms with Gasteiger partial charge in [-0.05, 0) is 30.2 Å². The number of carbonyl (C=O) groups excluding carboxylic acids is 1. The van der Waals surface area contributed by atoms with Crippen molar-refractivity contribution in [3.63, 3.8) is 0 Å². The summed E-state index contributed by atoms with van der Waals surface area (Å²) in [4.78, 5) is 11.7. The Balaban J connectivity index is 1.56. The molecule has 1 saturated heterocycles. The van der Waals surface area contributed by atoms with Crippen LogP contribution >= 0.6 is 0 Å². The number of ether oxygens (including phenoxy) is 2. The first-order valence-electron chi connectivity index (χ1n) is 11.3. The molecule has 4 rings (SSSR count). The van der Waals surface area contributed by atoms with Gasteiger partial charge in [0, 0.05) is 6.42 Å². The zero-order valence-corrected chi connectivity index (χ0v) is 19.9. The summed E-state index contributed by atoms with van der Waals surface area (Å²) in [6.07, 6.45) is 0.350. The molecule has 0 N–H and O–H groups in total. The predicted molar refractivity (Wildman–Crippen MR) is 130 cm³/mol. The van der Waals surface area contributed by atoms with Crippen LogP contribution in [0.25, 0.3) is 0 Å². The maximum absolute atomic E-state index is 13.6. The lowest BCUT2D eigenvalue weighted by Crippen LogP contribution is -2.71. The van der Waals surface area contributed by atoms with Crippen molar-refractivity contribution >= 4 is 16.3 Å². The Morgan fingerprint density at radius 3 is 2.00 bits per heavy atom. The Bertz CT molecular complexity index is 1170. The Morgan fingerprint density at radius 2 is 1.41 bits per heavy atom. The van der Waals surface area contributed by atoms with Gasteiger partial charge in [-0.3, -0.25) is 0 Å². The minimum Gasteiger partial charge on any atom is -0.375 e. The molecule has 1 aliphatic heterocycles. The maximum Gasteiger partial charge on any atom is 0.243 e. The van der Waals surface area contributed by atoms with Crippen molar-refractivity contribution in [2.24, 2.45) is 0 Å². The van der Waals surface area contributed by atoms with Crippen molar-refractivity contribution in [3.05, 3.63) is 102 Å². The Labute approximate surface area is 201 Å². The molecule has 1 heterocycles. The summed E-state index contributed by atoms with van der Waals surface area (Å²) in [6, 6.07) is 25.0. The molecule has 0 saturated carbocycles. The summed E-state index contributed by atoms with van der Waals surface area (Å²) in [6.45, 7) is 2.76. The van der Waals surface area contributed by atoms with Gasteiger partial charge in [-0.2, -0.15) is 4.31 Å². The van der Waals surface area contributed by atoms with E-state index in [-0.39, 0.29) is 17.9 Å². The van der Waals surface area contributed by atoms with Gasteiger partial charge in [-0.25, -0.2) is 8.42 Å². The average molecular weight is 480 g/mol. The number of hydrogen-bond acceptors (Lipinski definition) is 5. The molecule has 0 radical (unpaired) electrons. The van der Waals surface area contributed by atoms with E-state index in [0.717, 1.165) is 23.0 Å². The second-order valence-corrected chi connectivity index (χ2v) is 10.3. The standard InChI is InChI=1S/C27H29NO5S/c1-21-12-14-24(15-13-21)34(30,31)28-25(16-17-29)27(33-19-23-10-6-3-7-11-23)26(28)20-32-18-22-8-4-2-5-9-22/h2-15,17,25-27H,16,18-20H2,1H3/t25-,26-,27+/m0/s1. The molecule has 0 amide bonds. The molecule has 1 aliphatic rings. The lowest BCUT2D eigenvalue weighted by atomic mass is 9.91. The first-order chi connectivity index (χ1) is 16.5. The number of hydrogen-bond donors (Lipinski definition) is 0. The van der Waals surface area contributed by atoms with Gasteiger partial charge in [-0.15, -0.1) is 0 Å². The molecule has 0 unspecified atom stereocenters. The third kappa shape index (κ3) is 5.45. The van der Waals surface area contributed by atoms with Crippen molar-refractivity contribution < 1.29 is 22.7 Å². The first-order valence-corrected chi connectivity index (χ1v) is 12.8. The highest BCUT2D eigenvalue weighted by atomic mass is 32.2. The number of carbonyl (C=O) groups is 1. The lowest BCUT2D eigenvalue weighted by Gasteiger charge is -2.52. The molecular weight excluding hydrogens is 450 g/mol. The summed E-state index contributed by atoms with van der Waals surface area (Å²) >= 11 is 0. The van der Waals surface area contributed by atoms with Crippen LogP contribution in [0.4, 0.5) is 0 Å².